The van der Waals surface area contributed by atoms with E-state index in [1.165, 1.54) is 19.2 Å². The van der Waals surface area contributed by atoms with Crippen molar-refractivity contribution in [1.82, 2.24) is 24.6 Å². The number of fused-ring (bicyclic) bond motifs is 1. The van der Waals surface area contributed by atoms with Crippen LogP contribution in [0.5, 0.6) is 0 Å². The van der Waals surface area contributed by atoms with Crippen LogP contribution >= 0.6 is 0 Å². The van der Waals surface area contributed by atoms with Crippen LogP contribution in [0.2, 0.25) is 0 Å². The lowest BCUT2D eigenvalue weighted by molar-refractivity contribution is -0.119. The number of imidazole rings is 1. The van der Waals surface area contributed by atoms with Gasteiger partial charge in [-0.1, -0.05) is 12.1 Å². The van der Waals surface area contributed by atoms with Crippen molar-refractivity contribution >= 4 is 28.5 Å². The van der Waals surface area contributed by atoms with Gasteiger partial charge in [0.05, 0.1) is 35.2 Å². The van der Waals surface area contributed by atoms with Gasteiger partial charge in [0.1, 0.15) is 12.4 Å². The van der Waals surface area contributed by atoms with E-state index in [-0.39, 0.29) is 24.2 Å². The second kappa shape index (κ2) is 9.84. The first kappa shape index (κ1) is 23.1. The number of aryl methyl sites for hydroxylation is 1. The molecule has 2 aromatic heterocycles. The number of carbonyl (C=O) groups excluding carboxylic acids is 2. The van der Waals surface area contributed by atoms with Crippen molar-refractivity contribution in [2.24, 2.45) is 0 Å². The molecule has 0 saturated heterocycles. The van der Waals surface area contributed by atoms with Gasteiger partial charge in [-0.2, -0.15) is 5.10 Å². The number of hydrogen-bond acceptors (Lipinski definition) is 5. The van der Waals surface area contributed by atoms with Crippen molar-refractivity contribution in [1.29, 1.82) is 0 Å². The number of nitrogens with one attached hydrogen (secondary N) is 2. The molecule has 2 aromatic carbocycles. The van der Waals surface area contributed by atoms with E-state index in [1.54, 1.807) is 42.5 Å². The molecule has 4 rings (SSSR count). The summed E-state index contributed by atoms with van der Waals surface area (Å²) < 4.78 is 20.1. The average Bonchev–Trinajstić information content (AvgIpc) is 3.40. The first-order valence-electron chi connectivity index (χ1n) is 10.6. The Morgan fingerprint density at radius 1 is 1.21 bits per heavy atom. The van der Waals surface area contributed by atoms with Gasteiger partial charge >= 0.3 is 0 Å². The van der Waals surface area contributed by atoms with Crippen LogP contribution in [-0.4, -0.2) is 57.2 Å². The minimum atomic E-state index is -0.341. The number of halogens is 1. The van der Waals surface area contributed by atoms with Crippen LogP contribution in [0.25, 0.3) is 11.0 Å². The van der Waals surface area contributed by atoms with Crippen LogP contribution in [0.1, 0.15) is 27.3 Å². The maximum atomic E-state index is 13.5. The number of carbonyl (C=O) groups is 2. The molecule has 9 nitrogen and oxygen atoms in total. The van der Waals surface area contributed by atoms with E-state index < -0.39 is 0 Å². The normalized spacial score (nSPS) is 11.1. The van der Waals surface area contributed by atoms with Gasteiger partial charge in [-0.05, 0) is 42.8 Å². The molecule has 0 saturated carbocycles. The number of ether oxygens (including phenoxy) is 1. The third-order valence-electron chi connectivity index (χ3n) is 5.27. The van der Waals surface area contributed by atoms with Gasteiger partial charge in [0.25, 0.3) is 5.91 Å². The van der Waals surface area contributed by atoms with Gasteiger partial charge < -0.3 is 19.5 Å². The van der Waals surface area contributed by atoms with Gasteiger partial charge in [-0.15, -0.1) is 0 Å². The molecule has 0 aliphatic rings. The zero-order chi connectivity index (χ0) is 24.2. The molecule has 176 valence electrons. The smallest absolute Gasteiger partial charge is 0.256 e. The second-order valence-electron chi connectivity index (χ2n) is 8.08. The summed E-state index contributed by atoms with van der Waals surface area (Å²) in [6.45, 7) is 2.48. The molecular weight excluding hydrogens is 439 g/mol. The van der Waals surface area contributed by atoms with Gasteiger partial charge in [0, 0.05) is 32.1 Å². The lowest BCUT2D eigenvalue weighted by atomic mass is 10.1. The number of anilines is 1. The van der Waals surface area contributed by atoms with E-state index in [4.69, 9.17) is 4.74 Å². The first-order chi connectivity index (χ1) is 16.3. The van der Waals surface area contributed by atoms with Gasteiger partial charge in [0.2, 0.25) is 5.91 Å². The fourth-order valence-electron chi connectivity index (χ4n) is 3.75. The molecule has 2 amide bonds. The third-order valence-corrected chi connectivity index (χ3v) is 5.27. The van der Waals surface area contributed by atoms with Crippen molar-refractivity contribution in [3.63, 3.8) is 0 Å². The number of benzene rings is 2. The zero-order valence-corrected chi connectivity index (χ0v) is 19.1. The van der Waals surface area contributed by atoms with Gasteiger partial charge in [0.15, 0.2) is 0 Å². The molecule has 0 atom stereocenters. The fourth-order valence-corrected chi connectivity index (χ4v) is 3.75. The number of nitrogens with zero attached hydrogens (tertiary/aromatic N) is 4. The fraction of sp³-hybridized carbons (Fsp3) is 0.250. The molecule has 0 radical (unpaired) electrons. The summed E-state index contributed by atoms with van der Waals surface area (Å²) in [5, 5.41) is 9.82. The van der Waals surface area contributed by atoms with E-state index in [1.807, 2.05) is 17.6 Å². The maximum Gasteiger partial charge on any atom is 0.256 e. The van der Waals surface area contributed by atoms with Crippen molar-refractivity contribution in [2.75, 3.05) is 26.1 Å². The van der Waals surface area contributed by atoms with E-state index in [9.17, 15) is 14.0 Å². The van der Waals surface area contributed by atoms with Crippen LogP contribution in [-0.2, 0) is 22.6 Å². The minimum absolute atomic E-state index is 0.112. The zero-order valence-electron chi connectivity index (χ0n) is 19.1. The van der Waals surface area contributed by atoms with Crippen LogP contribution in [0.3, 0.4) is 0 Å². The third kappa shape index (κ3) is 5.12. The number of rotatable bonds is 8. The molecule has 0 aliphatic heterocycles. The number of hydrogen-bond donors (Lipinski definition) is 2. The Morgan fingerprint density at radius 2 is 1.97 bits per heavy atom. The molecule has 0 spiro atoms. The monoisotopic (exact) mass is 464 g/mol. The van der Waals surface area contributed by atoms with Crippen LogP contribution in [0, 0.1) is 12.7 Å². The molecule has 2 heterocycles. The number of H-pyrrole nitrogens is 1. The lowest BCUT2D eigenvalue weighted by Gasteiger charge is -2.18. The predicted molar refractivity (Wildman–Crippen MR) is 125 cm³/mol. The summed E-state index contributed by atoms with van der Waals surface area (Å²) in [6, 6.07) is 11.4. The van der Waals surface area contributed by atoms with Gasteiger partial charge in [-0.25, -0.2) is 9.37 Å². The van der Waals surface area contributed by atoms with E-state index in [2.05, 4.69) is 20.5 Å². The highest BCUT2D eigenvalue weighted by Crippen LogP contribution is 2.26. The van der Waals surface area contributed by atoms with Crippen molar-refractivity contribution < 1.29 is 18.7 Å². The van der Waals surface area contributed by atoms with Crippen molar-refractivity contribution in [3.05, 3.63) is 77.1 Å². The average molecular weight is 465 g/mol. The lowest BCUT2D eigenvalue weighted by Crippen LogP contribution is -2.27. The summed E-state index contributed by atoms with van der Waals surface area (Å²) in [5.41, 5.74) is 4.46. The molecule has 34 heavy (non-hydrogen) atoms. The molecule has 0 unspecified atom stereocenters. The highest BCUT2D eigenvalue weighted by atomic mass is 19.1. The molecular formula is C24H25FN6O3. The number of methoxy groups -OCH3 is 1. The quantitative estimate of drug-likeness (QED) is 0.417. The Morgan fingerprint density at radius 3 is 2.65 bits per heavy atom. The molecule has 0 fully saturated rings. The number of aromatic nitrogens is 4. The van der Waals surface area contributed by atoms with E-state index >= 15 is 0 Å². The first-order valence-corrected chi connectivity index (χ1v) is 10.6. The summed E-state index contributed by atoms with van der Waals surface area (Å²) in [5.74, 6) is -0.914. The van der Waals surface area contributed by atoms with Crippen LogP contribution in [0.15, 0.2) is 48.8 Å². The molecule has 10 heteroatoms. The Balaban J connectivity index is 1.73. The maximum absolute atomic E-state index is 13.5. The Kier molecular flexibility index (Phi) is 6.69. The number of amides is 2. The molecule has 0 bridgehead atoms. The summed E-state index contributed by atoms with van der Waals surface area (Å²) >= 11 is 0. The van der Waals surface area contributed by atoms with Crippen molar-refractivity contribution in [2.45, 2.75) is 20.0 Å². The summed E-state index contributed by atoms with van der Waals surface area (Å²) in [4.78, 5) is 31.6. The highest BCUT2D eigenvalue weighted by Gasteiger charge is 2.21. The van der Waals surface area contributed by atoms with E-state index in [0.29, 0.717) is 35.4 Å². The topological polar surface area (TPSA) is 105 Å². The number of aromatic amines is 1. The van der Waals surface area contributed by atoms with Crippen LogP contribution in [0.4, 0.5) is 10.1 Å². The minimum Gasteiger partial charge on any atom is -0.375 e. The van der Waals surface area contributed by atoms with Crippen LogP contribution < -0.4 is 5.32 Å². The highest BCUT2D eigenvalue weighted by molar-refractivity contribution is 6.07. The summed E-state index contributed by atoms with van der Waals surface area (Å²) in [7, 11) is 3.12. The summed E-state index contributed by atoms with van der Waals surface area (Å²) in [6.07, 6.45) is 1.63. The second-order valence-corrected chi connectivity index (χ2v) is 8.08. The molecule has 4 aromatic rings. The predicted octanol–water partition coefficient (Wildman–Crippen LogP) is 3.11. The molecule has 0 aliphatic carbocycles. The van der Waals surface area contributed by atoms with Crippen molar-refractivity contribution in [3.8, 4) is 0 Å². The Labute approximate surface area is 195 Å². The molecule has 2 N–H and O–H groups in total. The SMILES string of the molecule is COCC(=O)Nc1cc(C(=O)N(C)Cc2cc(C)[nH]n2)c2c(c1)ncn2Cc1ccc(F)cc1. The largest absolute Gasteiger partial charge is 0.375 e. The Hall–Kier alpha value is -4.05. The van der Waals surface area contributed by atoms with Gasteiger partial charge in [-0.3, -0.25) is 14.7 Å². The standard InChI is InChI=1S/C24H25FN6O3/c1-15-8-19(29-28-15)12-30(2)24(33)20-9-18(27-22(32)13-34-3)10-21-23(20)31(14-26-21)11-16-4-6-17(25)7-5-16/h4-10,14H,11-13H2,1-3H3,(H,27,32)(H,28,29). The van der Waals surface area contributed by atoms with E-state index in [0.717, 1.165) is 17.0 Å². The Bertz CT molecular complexity index is 1330.